The third-order valence-corrected chi connectivity index (χ3v) is 4.52. The van der Waals surface area contributed by atoms with Gasteiger partial charge in [0.25, 0.3) is 0 Å². The molecule has 0 aliphatic heterocycles. The van der Waals surface area contributed by atoms with Gasteiger partial charge in [-0.3, -0.25) is 9.59 Å². The predicted octanol–water partition coefficient (Wildman–Crippen LogP) is 3.75. The van der Waals surface area contributed by atoms with E-state index >= 15 is 0 Å². The van der Waals surface area contributed by atoms with Gasteiger partial charge in [0.05, 0.1) is 23.9 Å². The molecule has 0 fully saturated rings. The van der Waals surface area contributed by atoms with Crippen LogP contribution in [0.2, 0.25) is 0 Å². The molecule has 7 nitrogen and oxygen atoms in total. The molecule has 0 bridgehead atoms. The van der Waals surface area contributed by atoms with Gasteiger partial charge in [-0.15, -0.1) is 0 Å². The number of benzene rings is 2. The molecule has 0 aliphatic rings. The third kappa shape index (κ3) is 5.25. The van der Waals surface area contributed by atoms with Crippen molar-refractivity contribution in [2.45, 2.75) is 13.1 Å². The number of methoxy groups -OCH3 is 1. The fourth-order valence-corrected chi connectivity index (χ4v) is 2.94. The molecule has 3 aromatic rings. The number of ketones is 1. The minimum absolute atomic E-state index is 0.0445. The van der Waals surface area contributed by atoms with Crippen LogP contribution >= 0.6 is 0 Å². The largest absolute Gasteiger partial charge is 0.496 e. The van der Waals surface area contributed by atoms with E-state index in [0.717, 1.165) is 41.1 Å². The van der Waals surface area contributed by atoms with Crippen molar-refractivity contribution in [3.05, 3.63) is 87.1 Å². The van der Waals surface area contributed by atoms with Crippen LogP contribution in [0.15, 0.2) is 53.3 Å². The molecule has 0 aliphatic carbocycles. The van der Waals surface area contributed by atoms with E-state index in [4.69, 9.17) is 9.47 Å². The first-order valence-corrected chi connectivity index (χ1v) is 9.33. The molecule has 0 amide bonds. The second-order valence-corrected chi connectivity index (χ2v) is 6.80. The summed E-state index contributed by atoms with van der Waals surface area (Å²) in [5.74, 6) is -2.73. The maximum Gasteiger partial charge on any atom is 0.416 e. The normalized spacial score (nSPS) is 11.2. The Balaban J connectivity index is 1.87. The van der Waals surface area contributed by atoms with Gasteiger partial charge in [0.15, 0.2) is 6.61 Å². The number of alkyl halides is 3. The smallest absolute Gasteiger partial charge is 0.416 e. The van der Waals surface area contributed by atoms with Crippen molar-refractivity contribution < 1.29 is 36.6 Å². The maximum atomic E-state index is 13.5. The minimum Gasteiger partial charge on any atom is -0.496 e. The first-order valence-electron chi connectivity index (χ1n) is 9.33. The Labute approximate surface area is 184 Å². The number of aromatic nitrogens is 2. The number of hydrogen-bond donors (Lipinski definition) is 0. The van der Waals surface area contributed by atoms with E-state index < -0.39 is 47.0 Å². The van der Waals surface area contributed by atoms with Gasteiger partial charge in [0.1, 0.15) is 11.6 Å². The Morgan fingerprint density at radius 1 is 1.09 bits per heavy atom. The van der Waals surface area contributed by atoms with Crippen LogP contribution in [0.3, 0.4) is 0 Å². The quantitative estimate of drug-likeness (QED) is 0.314. The Morgan fingerprint density at radius 2 is 1.82 bits per heavy atom. The molecule has 0 atom stereocenters. The van der Waals surface area contributed by atoms with Crippen molar-refractivity contribution in [1.29, 1.82) is 0 Å². The Hall–Kier alpha value is -4.02. The minimum atomic E-state index is -4.61. The lowest BCUT2D eigenvalue weighted by atomic mass is 10.1. The first-order chi connectivity index (χ1) is 15.5. The van der Waals surface area contributed by atoms with E-state index in [9.17, 15) is 31.9 Å². The molecule has 0 saturated carbocycles. The average Bonchev–Trinajstić information content (AvgIpc) is 2.76. The summed E-state index contributed by atoms with van der Waals surface area (Å²) in [5, 5.41) is 3.83. The lowest BCUT2D eigenvalue weighted by Gasteiger charge is -2.13. The van der Waals surface area contributed by atoms with Crippen molar-refractivity contribution in [2.75, 3.05) is 13.7 Å². The molecule has 0 spiro atoms. The van der Waals surface area contributed by atoms with Crippen molar-refractivity contribution in [1.82, 2.24) is 9.78 Å². The number of carbonyl (C=O) groups excluding carboxylic acids is 2. The number of esters is 1. The number of ether oxygens (including phenoxy) is 2. The molecule has 0 radical (unpaired) electrons. The van der Waals surface area contributed by atoms with Crippen LogP contribution in [-0.4, -0.2) is 35.2 Å². The lowest BCUT2D eigenvalue weighted by molar-refractivity contribution is -0.137. The number of aryl methyl sites for hydroxylation is 1. The van der Waals surface area contributed by atoms with Crippen molar-refractivity contribution in [3.63, 3.8) is 0 Å². The average molecular weight is 464 g/mol. The van der Waals surface area contributed by atoms with Gasteiger partial charge in [-0.25, -0.2) is 13.9 Å². The van der Waals surface area contributed by atoms with Crippen LogP contribution in [0, 0.1) is 12.7 Å². The predicted molar refractivity (Wildman–Crippen MR) is 107 cm³/mol. The zero-order valence-corrected chi connectivity index (χ0v) is 17.3. The second-order valence-electron chi connectivity index (χ2n) is 6.80. The summed E-state index contributed by atoms with van der Waals surface area (Å²) in [6.45, 7) is 0.570. The summed E-state index contributed by atoms with van der Waals surface area (Å²) >= 11 is 0. The summed E-state index contributed by atoms with van der Waals surface area (Å²) in [5.41, 5.74) is -2.59. The van der Waals surface area contributed by atoms with E-state index in [1.807, 2.05) is 0 Å². The molecule has 0 saturated heterocycles. The van der Waals surface area contributed by atoms with Crippen LogP contribution in [-0.2, 0) is 10.9 Å². The molecule has 172 valence electrons. The van der Waals surface area contributed by atoms with E-state index in [1.54, 1.807) is 0 Å². The van der Waals surface area contributed by atoms with Gasteiger partial charge in [-0.1, -0.05) is 6.07 Å². The first kappa shape index (κ1) is 23.6. The summed E-state index contributed by atoms with van der Waals surface area (Å²) in [4.78, 5) is 37.0. The summed E-state index contributed by atoms with van der Waals surface area (Å²) in [6.07, 6.45) is -4.61. The maximum absolute atomic E-state index is 13.5. The van der Waals surface area contributed by atoms with Crippen molar-refractivity contribution in [2.24, 2.45) is 0 Å². The molecule has 2 aromatic carbocycles. The number of carbonyl (C=O) groups is 2. The van der Waals surface area contributed by atoms with Gasteiger partial charge in [-0.2, -0.15) is 18.3 Å². The zero-order valence-electron chi connectivity index (χ0n) is 17.3. The van der Waals surface area contributed by atoms with E-state index in [2.05, 4.69) is 5.10 Å². The molecule has 1 aromatic heterocycles. The monoisotopic (exact) mass is 464 g/mol. The van der Waals surface area contributed by atoms with Gasteiger partial charge >= 0.3 is 12.1 Å². The van der Waals surface area contributed by atoms with Crippen molar-refractivity contribution in [3.8, 4) is 11.4 Å². The van der Waals surface area contributed by atoms with Gasteiger partial charge in [0, 0.05) is 11.8 Å². The van der Waals surface area contributed by atoms with Crippen LogP contribution < -0.4 is 10.2 Å². The standard InChI is InChI=1S/C22H16F4N2O5/c1-12-8-17(29)20(27-28(12)15-5-3-4-13(9-15)22(24,25)26)21(31)33-11-18(30)16-10-14(23)6-7-19(16)32-2/h3-10H,11H2,1-2H3. The van der Waals surface area contributed by atoms with Gasteiger partial charge in [0.2, 0.25) is 16.9 Å². The summed E-state index contributed by atoms with van der Waals surface area (Å²) < 4.78 is 63.4. The summed E-state index contributed by atoms with van der Waals surface area (Å²) in [7, 11) is 1.27. The number of nitrogens with zero attached hydrogens (tertiary/aromatic N) is 2. The molecule has 1 heterocycles. The fourth-order valence-electron chi connectivity index (χ4n) is 2.94. The Morgan fingerprint density at radius 3 is 2.48 bits per heavy atom. The van der Waals surface area contributed by atoms with E-state index in [-0.39, 0.29) is 22.7 Å². The molecular formula is C22H16F4N2O5. The van der Waals surface area contributed by atoms with E-state index in [0.29, 0.717) is 0 Å². The molecule has 0 N–H and O–H groups in total. The van der Waals surface area contributed by atoms with Gasteiger partial charge in [-0.05, 0) is 43.3 Å². The van der Waals surface area contributed by atoms with Crippen molar-refractivity contribution >= 4 is 11.8 Å². The van der Waals surface area contributed by atoms with Crippen LogP contribution in [0.1, 0.15) is 32.1 Å². The molecule has 33 heavy (non-hydrogen) atoms. The van der Waals surface area contributed by atoms with Crippen LogP contribution in [0.5, 0.6) is 5.75 Å². The number of rotatable bonds is 6. The Bertz CT molecular complexity index is 1280. The highest BCUT2D eigenvalue weighted by Gasteiger charge is 2.30. The molecule has 0 unspecified atom stereocenters. The van der Waals surface area contributed by atoms with Crippen LogP contribution in [0.25, 0.3) is 5.69 Å². The topological polar surface area (TPSA) is 87.5 Å². The highest BCUT2D eigenvalue weighted by atomic mass is 19.4. The number of hydrogen-bond acceptors (Lipinski definition) is 6. The molecule has 11 heteroatoms. The SMILES string of the molecule is COc1ccc(F)cc1C(=O)COC(=O)c1nn(-c2cccc(C(F)(F)F)c2)c(C)cc1=O. The number of halogens is 4. The highest BCUT2D eigenvalue weighted by Crippen LogP contribution is 2.30. The lowest BCUT2D eigenvalue weighted by Crippen LogP contribution is -2.26. The highest BCUT2D eigenvalue weighted by molar-refractivity contribution is 6.01. The second kappa shape index (κ2) is 9.23. The fraction of sp³-hybridized carbons (Fsp3) is 0.182. The summed E-state index contributed by atoms with van der Waals surface area (Å²) in [6, 6.07) is 8.34. The third-order valence-electron chi connectivity index (χ3n) is 4.52. The molecule has 3 rings (SSSR count). The zero-order chi connectivity index (χ0) is 24.3. The molecular weight excluding hydrogens is 448 g/mol. The van der Waals surface area contributed by atoms with Crippen LogP contribution in [0.4, 0.5) is 17.6 Å². The van der Waals surface area contributed by atoms with E-state index in [1.165, 1.54) is 26.2 Å². The number of Topliss-reactive ketones (excluding diaryl/α,β-unsaturated/α-hetero) is 1. The Kier molecular flexibility index (Phi) is 6.61. The van der Waals surface area contributed by atoms with Gasteiger partial charge < -0.3 is 9.47 Å².